The van der Waals surface area contributed by atoms with E-state index in [0.717, 1.165) is 17.0 Å². The number of rotatable bonds is 7. The van der Waals surface area contributed by atoms with Gasteiger partial charge in [-0.3, -0.25) is 9.59 Å². The second kappa shape index (κ2) is 10.6. The molecule has 2 aromatic carbocycles. The van der Waals surface area contributed by atoms with Gasteiger partial charge in [-0.2, -0.15) is 13.2 Å². The molecule has 5 nitrogen and oxygen atoms in total. The van der Waals surface area contributed by atoms with Crippen LogP contribution >= 0.6 is 11.8 Å². The van der Waals surface area contributed by atoms with E-state index in [1.54, 1.807) is 11.0 Å². The zero-order valence-electron chi connectivity index (χ0n) is 16.8. The summed E-state index contributed by atoms with van der Waals surface area (Å²) in [6.07, 6.45) is -4.19. The Balaban J connectivity index is 1.38. The first-order valence-electron chi connectivity index (χ1n) is 9.86. The number of carbonyl (C=O) groups is 2. The lowest BCUT2D eigenvalue weighted by atomic mass is 10.1. The van der Waals surface area contributed by atoms with Gasteiger partial charge in [-0.15, -0.1) is 11.8 Å². The minimum Gasteiger partial charge on any atom is -0.456 e. The summed E-state index contributed by atoms with van der Waals surface area (Å²) >= 11 is 1.54. The Labute approximate surface area is 183 Å². The first kappa shape index (κ1) is 23.0. The third-order valence-corrected chi connectivity index (χ3v) is 5.86. The van der Waals surface area contributed by atoms with Crippen LogP contribution < -0.4 is 4.90 Å². The van der Waals surface area contributed by atoms with Crippen molar-refractivity contribution in [3.8, 4) is 0 Å². The predicted molar refractivity (Wildman–Crippen MR) is 113 cm³/mol. The van der Waals surface area contributed by atoms with E-state index < -0.39 is 17.7 Å². The maximum absolute atomic E-state index is 12.9. The first-order valence-corrected chi connectivity index (χ1v) is 10.8. The van der Waals surface area contributed by atoms with E-state index in [2.05, 4.69) is 0 Å². The third-order valence-electron chi connectivity index (χ3n) is 4.85. The van der Waals surface area contributed by atoms with Crippen LogP contribution in [0.15, 0.2) is 59.5 Å². The van der Waals surface area contributed by atoms with Gasteiger partial charge in [-0.25, -0.2) is 0 Å². The Hall–Kier alpha value is -2.68. The summed E-state index contributed by atoms with van der Waals surface area (Å²) in [6, 6.07) is 14.8. The lowest BCUT2D eigenvalue weighted by molar-refractivity contribution is -0.151. The van der Waals surface area contributed by atoms with Gasteiger partial charge in [0.1, 0.15) is 0 Å². The van der Waals surface area contributed by atoms with Crippen LogP contribution in [0, 0.1) is 0 Å². The minimum atomic E-state index is -4.39. The molecule has 3 rings (SSSR count). The van der Waals surface area contributed by atoms with Crippen LogP contribution in [0.25, 0.3) is 0 Å². The smallest absolute Gasteiger partial charge is 0.416 e. The van der Waals surface area contributed by atoms with Crippen LogP contribution in [0.3, 0.4) is 0 Å². The van der Waals surface area contributed by atoms with Crippen molar-refractivity contribution in [2.24, 2.45) is 0 Å². The van der Waals surface area contributed by atoms with E-state index in [-0.39, 0.29) is 18.9 Å². The van der Waals surface area contributed by atoms with Crippen molar-refractivity contribution in [2.75, 3.05) is 43.4 Å². The van der Waals surface area contributed by atoms with Crippen LogP contribution in [0.5, 0.6) is 0 Å². The lowest BCUT2D eigenvalue weighted by Gasteiger charge is -2.36. The average molecular weight is 452 g/mol. The van der Waals surface area contributed by atoms with Crippen molar-refractivity contribution in [1.82, 2.24) is 4.90 Å². The Bertz CT molecular complexity index is 885. The summed E-state index contributed by atoms with van der Waals surface area (Å²) < 4.78 is 43.8. The van der Waals surface area contributed by atoms with Gasteiger partial charge in [0.25, 0.3) is 5.91 Å². The molecule has 0 unspecified atom stereocenters. The first-order chi connectivity index (χ1) is 14.8. The predicted octanol–water partition coefficient (Wildman–Crippen LogP) is 4.08. The summed E-state index contributed by atoms with van der Waals surface area (Å²) in [5.74, 6) is -0.167. The number of hydrogen-bond donors (Lipinski definition) is 0. The number of ether oxygens (including phenoxy) is 1. The maximum atomic E-state index is 12.9. The number of nitrogens with zero attached hydrogens (tertiary/aromatic N) is 2. The molecule has 0 spiro atoms. The summed E-state index contributed by atoms with van der Waals surface area (Å²) in [4.78, 5) is 28.6. The molecule has 0 aliphatic carbocycles. The lowest BCUT2D eigenvalue weighted by Crippen LogP contribution is -2.50. The van der Waals surface area contributed by atoms with E-state index in [1.165, 1.54) is 17.8 Å². The fourth-order valence-electron chi connectivity index (χ4n) is 3.17. The molecule has 1 saturated heterocycles. The Kier molecular flexibility index (Phi) is 7.84. The molecule has 1 fully saturated rings. The van der Waals surface area contributed by atoms with Crippen LogP contribution in [0.4, 0.5) is 18.9 Å². The number of hydrogen-bond acceptors (Lipinski definition) is 5. The number of amides is 1. The Morgan fingerprint density at radius 3 is 2.35 bits per heavy atom. The number of thioether (sulfide) groups is 1. The number of alkyl halides is 3. The van der Waals surface area contributed by atoms with Crippen LogP contribution in [-0.4, -0.2) is 55.3 Å². The quantitative estimate of drug-likeness (QED) is 0.468. The molecule has 0 N–H and O–H groups in total. The van der Waals surface area contributed by atoms with Crippen LogP contribution in [-0.2, 0) is 20.5 Å². The molecule has 0 saturated carbocycles. The molecule has 1 aliphatic heterocycles. The number of carbonyl (C=O) groups excluding carboxylic acids is 2. The molecule has 1 aliphatic rings. The summed E-state index contributed by atoms with van der Waals surface area (Å²) in [5, 5.41) is 0. The zero-order chi connectivity index (χ0) is 22.3. The second-order valence-corrected chi connectivity index (χ2v) is 8.16. The van der Waals surface area contributed by atoms with E-state index in [4.69, 9.17) is 4.74 Å². The fraction of sp³-hybridized carbons (Fsp3) is 0.364. The van der Waals surface area contributed by atoms with Crippen molar-refractivity contribution < 1.29 is 27.5 Å². The van der Waals surface area contributed by atoms with Crippen molar-refractivity contribution in [1.29, 1.82) is 0 Å². The second-order valence-electron chi connectivity index (χ2n) is 6.99. The monoisotopic (exact) mass is 452 g/mol. The summed E-state index contributed by atoms with van der Waals surface area (Å²) in [7, 11) is 0. The summed E-state index contributed by atoms with van der Waals surface area (Å²) in [6.45, 7) is 1.22. The van der Waals surface area contributed by atoms with Gasteiger partial charge >= 0.3 is 12.1 Å². The standard InChI is InChI=1S/C22H23F3N2O3S/c23-22(24,25)17-5-4-6-18(15-17)26-10-12-27(13-11-26)20(28)16-30-21(29)9-14-31-19-7-2-1-3-8-19/h1-8,15H,9-14,16H2. The fourth-order valence-corrected chi connectivity index (χ4v) is 4.02. The molecule has 1 heterocycles. The molecule has 0 radical (unpaired) electrons. The topological polar surface area (TPSA) is 49.9 Å². The van der Waals surface area contributed by atoms with Crippen LogP contribution in [0.2, 0.25) is 0 Å². The van der Waals surface area contributed by atoms with Gasteiger partial charge in [0.2, 0.25) is 0 Å². The van der Waals surface area contributed by atoms with Crippen molar-refractivity contribution in [2.45, 2.75) is 17.5 Å². The molecule has 0 atom stereocenters. The Morgan fingerprint density at radius 2 is 1.68 bits per heavy atom. The normalized spacial score (nSPS) is 14.4. The highest BCUT2D eigenvalue weighted by molar-refractivity contribution is 7.99. The molecule has 166 valence electrons. The molecule has 0 aromatic heterocycles. The van der Waals surface area contributed by atoms with Gasteiger partial charge in [0, 0.05) is 42.5 Å². The average Bonchev–Trinajstić information content (AvgIpc) is 2.78. The Morgan fingerprint density at radius 1 is 0.968 bits per heavy atom. The van der Waals surface area contributed by atoms with Gasteiger partial charge in [0.15, 0.2) is 6.61 Å². The number of benzene rings is 2. The summed E-state index contributed by atoms with van der Waals surface area (Å²) in [5.41, 5.74) is -0.217. The molecular weight excluding hydrogens is 429 g/mol. The minimum absolute atomic E-state index is 0.205. The molecule has 2 aromatic rings. The van der Waals surface area contributed by atoms with Crippen LogP contribution in [0.1, 0.15) is 12.0 Å². The largest absolute Gasteiger partial charge is 0.456 e. The zero-order valence-corrected chi connectivity index (χ0v) is 17.6. The van der Waals surface area contributed by atoms with E-state index >= 15 is 0 Å². The molecule has 9 heteroatoms. The number of esters is 1. The molecule has 0 bridgehead atoms. The third kappa shape index (κ3) is 6.92. The molecule has 31 heavy (non-hydrogen) atoms. The number of anilines is 1. The van der Waals surface area contributed by atoms with Gasteiger partial charge in [-0.05, 0) is 30.3 Å². The van der Waals surface area contributed by atoms with Crippen molar-refractivity contribution in [3.05, 3.63) is 60.2 Å². The van der Waals surface area contributed by atoms with E-state index in [9.17, 15) is 22.8 Å². The molecule has 1 amide bonds. The number of piperazine rings is 1. The van der Waals surface area contributed by atoms with Crippen molar-refractivity contribution >= 4 is 29.3 Å². The maximum Gasteiger partial charge on any atom is 0.416 e. The highest BCUT2D eigenvalue weighted by Gasteiger charge is 2.31. The van der Waals surface area contributed by atoms with Gasteiger partial charge in [-0.1, -0.05) is 24.3 Å². The van der Waals surface area contributed by atoms with Gasteiger partial charge < -0.3 is 14.5 Å². The van der Waals surface area contributed by atoms with E-state index in [1.807, 2.05) is 35.2 Å². The van der Waals surface area contributed by atoms with Gasteiger partial charge in [0.05, 0.1) is 12.0 Å². The van der Waals surface area contributed by atoms with Crippen molar-refractivity contribution in [3.63, 3.8) is 0 Å². The highest BCUT2D eigenvalue weighted by atomic mass is 32.2. The molecular formula is C22H23F3N2O3S. The van der Waals surface area contributed by atoms with E-state index in [0.29, 0.717) is 37.6 Å². The SMILES string of the molecule is O=C(CCSc1ccccc1)OCC(=O)N1CCN(c2cccc(C(F)(F)F)c2)CC1. The number of halogens is 3. The highest BCUT2D eigenvalue weighted by Crippen LogP contribution is 2.31.